The molecule has 1 N–H and O–H groups in total. The third-order valence-electron chi connectivity index (χ3n) is 5.67. The lowest BCUT2D eigenvalue weighted by Gasteiger charge is -2.18. The van der Waals surface area contributed by atoms with Crippen LogP contribution in [0.15, 0.2) is 51.7 Å². The summed E-state index contributed by atoms with van der Waals surface area (Å²) in [6, 6.07) is 11.9. The Kier molecular flexibility index (Phi) is 7.87. The van der Waals surface area contributed by atoms with Crippen LogP contribution in [-0.4, -0.2) is 18.1 Å². The molecular formula is C26H29NO6. The van der Waals surface area contributed by atoms with E-state index in [2.05, 4.69) is 5.32 Å². The molecule has 0 aliphatic rings. The number of hydrogen-bond donors (Lipinski definition) is 1. The van der Waals surface area contributed by atoms with E-state index in [-0.39, 0.29) is 12.4 Å². The molecule has 1 unspecified atom stereocenters. The summed E-state index contributed by atoms with van der Waals surface area (Å²) in [6.45, 7) is 7.39. The summed E-state index contributed by atoms with van der Waals surface area (Å²) < 4.78 is 16.3. The standard InChI is InChI=1S/C26H29NO6/c1-5-6-12-21(27-26(30)31-15-19-10-8-7-9-11-19)25(29)32-22-14-13-20-16(2)17(3)24(28)33-23(20)18(22)4/h7-11,13-14,21H,5-6,12,15H2,1-4H3,(H,27,30). The number of carbonyl (C=O) groups is 2. The van der Waals surface area contributed by atoms with Crippen molar-refractivity contribution in [3.63, 3.8) is 0 Å². The number of aryl methyl sites for hydroxylation is 2. The SMILES string of the molecule is CCCCC(NC(=O)OCc1ccccc1)C(=O)Oc1ccc2c(C)c(C)c(=O)oc2c1C. The molecule has 7 nitrogen and oxygen atoms in total. The monoisotopic (exact) mass is 451 g/mol. The van der Waals surface area contributed by atoms with E-state index < -0.39 is 23.7 Å². The summed E-state index contributed by atoms with van der Waals surface area (Å²) in [5, 5.41) is 3.40. The summed E-state index contributed by atoms with van der Waals surface area (Å²) >= 11 is 0. The Hall–Kier alpha value is -3.61. The molecule has 0 fully saturated rings. The molecule has 174 valence electrons. The highest BCUT2D eigenvalue weighted by Crippen LogP contribution is 2.29. The molecule has 3 aromatic rings. The zero-order chi connectivity index (χ0) is 24.0. The largest absolute Gasteiger partial charge is 0.445 e. The molecule has 0 bridgehead atoms. The number of alkyl carbamates (subject to hydrolysis) is 1. The number of hydrogen-bond acceptors (Lipinski definition) is 6. The van der Waals surface area contributed by atoms with Gasteiger partial charge in [0.15, 0.2) is 0 Å². The molecule has 0 saturated heterocycles. The number of unbranched alkanes of at least 4 members (excludes halogenated alkanes) is 1. The second-order valence-electron chi connectivity index (χ2n) is 8.03. The maximum atomic E-state index is 12.9. The van der Waals surface area contributed by atoms with Crippen molar-refractivity contribution in [2.24, 2.45) is 0 Å². The van der Waals surface area contributed by atoms with Gasteiger partial charge in [-0.2, -0.15) is 0 Å². The van der Waals surface area contributed by atoms with Crippen molar-refractivity contribution in [2.45, 2.75) is 59.6 Å². The van der Waals surface area contributed by atoms with Crippen molar-refractivity contribution in [1.82, 2.24) is 5.32 Å². The van der Waals surface area contributed by atoms with Gasteiger partial charge in [0.2, 0.25) is 0 Å². The van der Waals surface area contributed by atoms with Gasteiger partial charge in [-0.25, -0.2) is 14.4 Å². The first kappa shape index (κ1) is 24.0. The van der Waals surface area contributed by atoms with E-state index >= 15 is 0 Å². The zero-order valence-electron chi connectivity index (χ0n) is 19.4. The first-order valence-electron chi connectivity index (χ1n) is 11.0. The molecule has 1 aromatic heterocycles. The van der Waals surface area contributed by atoms with Crippen LogP contribution in [0.2, 0.25) is 0 Å². The van der Waals surface area contributed by atoms with Gasteiger partial charge >= 0.3 is 17.7 Å². The van der Waals surface area contributed by atoms with Gasteiger partial charge in [-0.05, 0) is 50.5 Å². The van der Waals surface area contributed by atoms with Crippen LogP contribution in [0.3, 0.4) is 0 Å². The number of benzene rings is 2. The Bertz CT molecular complexity index is 1200. The maximum Gasteiger partial charge on any atom is 0.408 e. The van der Waals surface area contributed by atoms with Crippen LogP contribution in [0.5, 0.6) is 5.75 Å². The predicted molar refractivity (Wildman–Crippen MR) is 125 cm³/mol. The smallest absolute Gasteiger partial charge is 0.408 e. The molecule has 3 rings (SSSR count). The number of amides is 1. The van der Waals surface area contributed by atoms with Crippen molar-refractivity contribution in [3.8, 4) is 5.75 Å². The van der Waals surface area contributed by atoms with E-state index in [1.165, 1.54) is 0 Å². The van der Waals surface area contributed by atoms with Crippen LogP contribution in [0, 0.1) is 20.8 Å². The van der Waals surface area contributed by atoms with Crippen LogP contribution < -0.4 is 15.7 Å². The van der Waals surface area contributed by atoms with E-state index in [1.54, 1.807) is 26.0 Å². The number of carbonyl (C=O) groups excluding carboxylic acids is 2. The number of ether oxygens (including phenoxy) is 2. The highest BCUT2D eigenvalue weighted by Gasteiger charge is 2.24. The van der Waals surface area contributed by atoms with Crippen molar-refractivity contribution >= 4 is 23.0 Å². The van der Waals surface area contributed by atoms with Gasteiger partial charge in [0.25, 0.3) is 0 Å². The lowest BCUT2D eigenvalue weighted by Crippen LogP contribution is -2.43. The molecule has 0 radical (unpaired) electrons. The van der Waals surface area contributed by atoms with Crippen molar-refractivity contribution < 1.29 is 23.5 Å². The van der Waals surface area contributed by atoms with Gasteiger partial charge in [-0.1, -0.05) is 50.1 Å². The molecule has 1 amide bonds. The third-order valence-corrected chi connectivity index (χ3v) is 5.67. The van der Waals surface area contributed by atoms with Gasteiger partial charge in [0.05, 0.1) is 0 Å². The molecule has 1 heterocycles. The lowest BCUT2D eigenvalue weighted by atomic mass is 10.0. The first-order valence-corrected chi connectivity index (χ1v) is 11.0. The highest BCUT2D eigenvalue weighted by molar-refractivity contribution is 5.88. The summed E-state index contributed by atoms with van der Waals surface area (Å²) in [4.78, 5) is 37.3. The Labute approximate surface area is 192 Å². The zero-order valence-corrected chi connectivity index (χ0v) is 19.4. The van der Waals surface area contributed by atoms with Crippen molar-refractivity contribution in [1.29, 1.82) is 0 Å². The lowest BCUT2D eigenvalue weighted by molar-refractivity contribution is -0.136. The van der Waals surface area contributed by atoms with Crippen LogP contribution in [-0.2, 0) is 16.1 Å². The molecule has 1 atom stereocenters. The number of nitrogens with one attached hydrogen (secondary N) is 1. The number of rotatable bonds is 8. The summed E-state index contributed by atoms with van der Waals surface area (Å²) in [5.41, 5.74) is 2.72. The molecule has 33 heavy (non-hydrogen) atoms. The fraction of sp³-hybridized carbons (Fsp3) is 0.346. The van der Waals surface area contributed by atoms with Crippen LogP contribution >= 0.6 is 0 Å². The van der Waals surface area contributed by atoms with Gasteiger partial charge in [0.1, 0.15) is 24.0 Å². The minimum Gasteiger partial charge on any atom is -0.445 e. The minimum absolute atomic E-state index is 0.101. The molecule has 0 spiro atoms. The van der Waals surface area contributed by atoms with Gasteiger partial charge in [-0.15, -0.1) is 0 Å². The van der Waals surface area contributed by atoms with E-state index in [1.807, 2.05) is 44.2 Å². The quantitative estimate of drug-likeness (QED) is 0.291. The second-order valence-corrected chi connectivity index (χ2v) is 8.03. The fourth-order valence-electron chi connectivity index (χ4n) is 3.48. The van der Waals surface area contributed by atoms with Gasteiger partial charge in [-0.3, -0.25) is 0 Å². The Balaban J connectivity index is 1.74. The van der Waals surface area contributed by atoms with E-state index in [9.17, 15) is 14.4 Å². The third kappa shape index (κ3) is 5.80. The molecule has 7 heteroatoms. The van der Waals surface area contributed by atoms with Crippen LogP contribution in [0.4, 0.5) is 4.79 Å². The fourth-order valence-corrected chi connectivity index (χ4v) is 3.48. The Morgan fingerprint density at radius 2 is 1.73 bits per heavy atom. The summed E-state index contributed by atoms with van der Waals surface area (Å²) in [7, 11) is 0. The normalized spacial score (nSPS) is 11.8. The molecule has 0 aliphatic heterocycles. The topological polar surface area (TPSA) is 94.8 Å². The Morgan fingerprint density at radius 3 is 2.42 bits per heavy atom. The molecular weight excluding hydrogens is 422 g/mol. The summed E-state index contributed by atoms with van der Waals surface area (Å²) in [5.74, 6) is -0.325. The van der Waals surface area contributed by atoms with Crippen molar-refractivity contribution in [2.75, 3.05) is 0 Å². The second kappa shape index (κ2) is 10.8. The van der Waals surface area contributed by atoms with Crippen LogP contribution in [0.25, 0.3) is 11.0 Å². The number of esters is 1. The van der Waals surface area contributed by atoms with Crippen molar-refractivity contribution in [3.05, 3.63) is 75.1 Å². The van der Waals surface area contributed by atoms with Crippen LogP contribution in [0.1, 0.15) is 48.4 Å². The first-order chi connectivity index (χ1) is 15.8. The average Bonchev–Trinajstić information content (AvgIpc) is 2.81. The van der Waals surface area contributed by atoms with E-state index in [0.717, 1.165) is 29.4 Å². The maximum absolute atomic E-state index is 12.9. The van der Waals surface area contributed by atoms with Gasteiger partial charge < -0.3 is 19.2 Å². The molecule has 0 aliphatic carbocycles. The van der Waals surface area contributed by atoms with Gasteiger partial charge in [0, 0.05) is 16.5 Å². The Morgan fingerprint density at radius 1 is 1.00 bits per heavy atom. The number of fused-ring (bicyclic) bond motifs is 1. The summed E-state index contributed by atoms with van der Waals surface area (Å²) in [6.07, 6.45) is 1.30. The van der Waals surface area contributed by atoms with E-state index in [4.69, 9.17) is 13.9 Å². The highest BCUT2D eigenvalue weighted by atomic mass is 16.6. The van der Waals surface area contributed by atoms with E-state index in [0.29, 0.717) is 23.1 Å². The minimum atomic E-state index is -0.866. The predicted octanol–water partition coefficient (Wildman–Crippen LogP) is 5.11. The average molecular weight is 452 g/mol. The molecule has 0 saturated carbocycles. The molecule has 2 aromatic carbocycles.